The molecule has 1 atom stereocenters. The number of rotatable bonds is 5. The Morgan fingerprint density at radius 2 is 2.20 bits per heavy atom. The van der Waals surface area contributed by atoms with Crippen LogP contribution in [-0.2, 0) is 16.2 Å². The highest BCUT2D eigenvalue weighted by Gasteiger charge is 2.28. The Kier molecular flexibility index (Phi) is 4.92. The van der Waals surface area contributed by atoms with Crippen molar-refractivity contribution in [3.05, 3.63) is 59.5 Å². The molecule has 3 rings (SSSR count). The molecule has 0 radical (unpaired) electrons. The van der Waals surface area contributed by atoms with Crippen molar-refractivity contribution in [2.24, 2.45) is 5.16 Å². The number of nitrogens with zero attached hydrogens (tertiary/aromatic N) is 3. The summed E-state index contributed by atoms with van der Waals surface area (Å²) in [5.74, 6) is 0.246. The van der Waals surface area contributed by atoms with Crippen LogP contribution in [0.5, 0.6) is 0 Å². The summed E-state index contributed by atoms with van der Waals surface area (Å²) in [7, 11) is 3.83. The van der Waals surface area contributed by atoms with Crippen molar-refractivity contribution in [1.29, 1.82) is 0 Å². The van der Waals surface area contributed by atoms with Crippen LogP contribution >= 0.6 is 0 Å². The van der Waals surface area contributed by atoms with Gasteiger partial charge in [0, 0.05) is 38.8 Å². The number of halogens is 1. The van der Waals surface area contributed by atoms with E-state index >= 15 is 0 Å². The second-order valence-electron chi connectivity index (χ2n) is 5.98. The molecular formula is C18H19FN4O2. The number of aromatic nitrogens is 1. The van der Waals surface area contributed by atoms with Crippen molar-refractivity contribution >= 4 is 17.4 Å². The average Bonchev–Trinajstić information content (AvgIpc) is 3.10. The van der Waals surface area contributed by atoms with Crippen LogP contribution in [-0.4, -0.2) is 36.8 Å². The lowest BCUT2D eigenvalue weighted by molar-refractivity contribution is -0.131. The number of amides is 1. The quantitative estimate of drug-likeness (QED) is 0.904. The third-order valence-corrected chi connectivity index (χ3v) is 3.85. The Morgan fingerprint density at radius 1 is 1.36 bits per heavy atom. The number of anilines is 1. The molecule has 0 saturated heterocycles. The van der Waals surface area contributed by atoms with Crippen molar-refractivity contribution in [2.45, 2.75) is 19.1 Å². The Hall–Kier alpha value is -2.96. The van der Waals surface area contributed by atoms with Crippen molar-refractivity contribution < 1.29 is 14.0 Å². The van der Waals surface area contributed by atoms with Gasteiger partial charge in [-0.05, 0) is 23.8 Å². The summed E-state index contributed by atoms with van der Waals surface area (Å²) in [6, 6.07) is 9.88. The van der Waals surface area contributed by atoms with Crippen molar-refractivity contribution in [2.75, 3.05) is 19.0 Å². The summed E-state index contributed by atoms with van der Waals surface area (Å²) in [6.45, 7) is 0.356. The minimum Gasteiger partial charge on any atom is -0.382 e. The van der Waals surface area contributed by atoms with Gasteiger partial charge in [-0.1, -0.05) is 23.4 Å². The molecule has 130 valence electrons. The van der Waals surface area contributed by atoms with E-state index in [0.29, 0.717) is 24.2 Å². The van der Waals surface area contributed by atoms with E-state index in [0.717, 1.165) is 11.4 Å². The maximum Gasteiger partial charge on any atom is 0.264 e. The van der Waals surface area contributed by atoms with Crippen LogP contribution in [0.15, 0.2) is 47.8 Å². The lowest BCUT2D eigenvalue weighted by Crippen LogP contribution is -2.34. The van der Waals surface area contributed by atoms with Gasteiger partial charge in [-0.3, -0.25) is 4.79 Å². The van der Waals surface area contributed by atoms with Crippen LogP contribution in [0.25, 0.3) is 0 Å². The van der Waals surface area contributed by atoms with Crippen LogP contribution in [0.4, 0.5) is 10.2 Å². The SMILES string of the molecule is CN(C)c1ccc(CNC(=O)[C@H]2CC(c3cccc(F)c3)=NO2)cn1. The molecule has 0 fully saturated rings. The molecule has 0 aliphatic carbocycles. The summed E-state index contributed by atoms with van der Waals surface area (Å²) in [5.41, 5.74) is 2.08. The highest BCUT2D eigenvalue weighted by Crippen LogP contribution is 2.18. The molecule has 1 N–H and O–H groups in total. The van der Waals surface area contributed by atoms with Gasteiger partial charge in [0.05, 0.1) is 5.71 Å². The van der Waals surface area contributed by atoms with Crippen LogP contribution in [0, 0.1) is 5.82 Å². The normalized spacial score (nSPS) is 16.1. The monoisotopic (exact) mass is 342 g/mol. The van der Waals surface area contributed by atoms with Crippen LogP contribution in [0.2, 0.25) is 0 Å². The van der Waals surface area contributed by atoms with E-state index < -0.39 is 6.10 Å². The van der Waals surface area contributed by atoms with Gasteiger partial charge >= 0.3 is 0 Å². The first-order chi connectivity index (χ1) is 12.0. The molecule has 1 aliphatic rings. The summed E-state index contributed by atoms with van der Waals surface area (Å²) in [6.07, 6.45) is 1.33. The smallest absolute Gasteiger partial charge is 0.264 e. The molecule has 0 spiro atoms. The standard InChI is InChI=1S/C18H19FN4O2/c1-23(2)17-7-6-12(10-20-17)11-21-18(24)16-9-15(22-25-16)13-4-3-5-14(19)8-13/h3-8,10,16H,9,11H2,1-2H3,(H,21,24)/t16-/m1/s1. The minimum absolute atomic E-state index is 0.258. The van der Waals surface area contributed by atoms with Gasteiger partial charge in [0.15, 0.2) is 0 Å². The zero-order valence-electron chi connectivity index (χ0n) is 14.1. The first kappa shape index (κ1) is 16.9. The van der Waals surface area contributed by atoms with E-state index in [9.17, 15) is 9.18 Å². The van der Waals surface area contributed by atoms with Gasteiger partial charge in [0.2, 0.25) is 6.10 Å². The minimum atomic E-state index is -0.702. The predicted octanol–water partition coefficient (Wildman–Crippen LogP) is 2.10. The molecule has 2 aromatic rings. The number of nitrogens with one attached hydrogen (secondary N) is 1. The molecule has 0 bridgehead atoms. The summed E-state index contributed by atoms with van der Waals surface area (Å²) >= 11 is 0. The fourth-order valence-corrected chi connectivity index (χ4v) is 2.45. The van der Waals surface area contributed by atoms with E-state index in [1.165, 1.54) is 12.1 Å². The number of carbonyl (C=O) groups excluding carboxylic acids is 1. The van der Waals surface area contributed by atoms with Crippen LogP contribution in [0.1, 0.15) is 17.5 Å². The molecule has 2 heterocycles. The van der Waals surface area contributed by atoms with E-state index in [4.69, 9.17) is 4.84 Å². The lowest BCUT2D eigenvalue weighted by atomic mass is 10.0. The van der Waals surface area contributed by atoms with Crippen molar-refractivity contribution in [3.8, 4) is 0 Å². The van der Waals surface area contributed by atoms with E-state index in [-0.39, 0.29) is 11.7 Å². The Bertz CT molecular complexity index is 790. The van der Waals surface area contributed by atoms with Crippen LogP contribution < -0.4 is 10.2 Å². The third kappa shape index (κ3) is 4.12. The largest absolute Gasteiger partial charge is 0.382 e. The average molecular weight is 342 g/mol. The summed E-state index contributed by atoms with van der Waals surface area (Å²) in [4.78, 5) is 23.6. The zero-order valence-corrected chi connectivity index (χ0v) is 14.1. The first-order valence-electron chi connectivity index (χ1n) is 7.91. The van der Waals surface area contributed by atoms with E-state index in [1.807, 2.05) is 31.1 Å². The Morgan fingerprint density at radius 3 is 2.88 bits per heavy atom. The molecular weight excluding hydrogens is 323 g/mol. The Labute approximate surface area is 145 Å². The number of carbonyl (C=O) groups is 1. The fourth-order valence-electron chi connectivity index (χ4n) is 2.45. The maximum absolute atomic E-state index is 13.3. The molecule has 0 unspecified atom stereocenters. The second-order valence-corrected chi connectivity index (χ2v) is 5.98. The highest BCUT2D eigenvalue weighted by atomic mass is 19.1. The topological polar surface area (TPSA) is 66.8 Å². The second kappa shape index (κ2) is 7.29. The maximum atomic E-state index is 13.3. The van der Waals surface area contributed by atoms with E-state index in [2.05, 4.69) is 15.5 Å². The van der Waals surface area contributed by atoms with Gasteiger partial charge in [-0.25, -0.2) is 9.37 Å². The predicted molar refractivity (Wildman–Crippen MR) is 92.8 cm³/mol. The van der Waals surface area contributed by atoms with Gasteiger partial charge in [-0.15, -0.1) is 0 Å². The summed E-state index contributed by atoms with van der Waals surface area (Å²) < 4.78 is 13.3. The first-order valence-corrected chi connectivity index (χ1v) is 7.91. The summed E-state index contributed by atoms with van der Waals surface area (Å²) in [5, 5.41) is 6.71. The molecule has 1 amide bonds. The lowest BCUT2D eigenvalue weighted by Gasteiger charge is -2.12. The van der Waals surface area contributed by atoms with Gasteiger partial charge in [-0.2, -0.15) is 0 Å². The zero-order chi connectivity index (χ0) is 17.8. The van der Waals surface area contributed by atoms with Gasteiger partial charge in [0.1, 0.15) is 11.6 Å². The fraction of sp³-hybridized carbons (Fsp3) is 0.278. The molecule has 6 nitrogen and oxygen atoms in total. The number of oxime groups is 1. The molecule has 1 aromatic heterocycles. The van der Waals surface area contributed by atoms with Gasteiger partial charge in [0.25, 0.3) is 5.91 Å². The molecule has 0 saturated carbocycles. The molecule has 1 aromatic carbocycles. The van der Waals surface area contributed by atoms with Crippen molar-refractivity contribution in [1.82, 2.24) is 10.3 Å². The number of hydrogen-bond donors (Lipinski definition) is 1. The molecule has 25 heavy (non-hydrogen) atoms. The molecule has 7 heteroatoms. The van der Waals surface area contributed by atoms with Crippen molar-refractivity contribution in [3.63, 3.8) is 0 Å². The van der Waals surface area contributed by atoms with E-state index in [1.54, 1.807) is 18.3 Å². The highest BCUT2D eigenvalue weighted by molar-refractivity contribution is 6.04. The molecule has 1 aliphatic heterocycles. The Balaban J connectivity index is 1.53. The number of benzene rings is 1. The number of hydrogen-bond acceptors (Lipinski definition) is 5. The number of pyridine rings is 1. The van der Waals surface area contributed by atoms with Crippen LogP contribution in [0.3, 0.4) is 0 Å². The van der Waals surface area contributed by atoms with Gasteiger partial charge < -0.3 is 15.1 Å². The third-order valence-electron chi connectivity index (χ3n) is 3.85.